The molecule has 0 aliphatic carbocycles. The summed E-state index contributed by atoms with van der Waals surface area (Å²) < 4.78 is 40.3. The highest BCUT2D eigenvalue weighted by molar-refractivity contribution is 7.88. The molecule has 1 aromatic carbocycles. The second-order valence-corrected chi connectivity index (χ2v) is 8.08. The van der Waals surface area contributed by atoms with Crippen LogP contribution < -0.4 is 4.72 Å². The zero-order valence-electron chi connectivity index (χ0n) is 13.8. The number of sulfonamides is 1. The topological polar surface area (TPSA) is 49.4 Å². The lowest BCUT2D eigenvalue weighted by Gasteiger charge is -2.35. The highest BCUT2D eigenvalue weighted by Crippen LogP contribution is 2.17. The third kappa shape index (κ3) is 6.20. The molecule has 1 atom stereocenters. The third-order valence-electron chi connectivity index (χ3n) is 4.33. The summed E-state index contributed by atoms with van der Waals surface area (Å²) >= 11 is 0. The SMILES string of the molecule is CCCCN1CCCCC1CNS(=O)(=O)Cc1cccc(F)c1. The summed E-state index contributed by atoms with van der Waals surface area (Å²) in [6, 6.07) is 6.03. The molecule has 0 aromatic heterocycles. The van der Waals surface area contributed by atoms with Crippen LogP contribution in [0, 0.1) is 5.82 Å². The number of likely N-dealkylation sites (tertiary alicyclic amines) is 1. The molecule has 1 aliphatic heterocycles. The van der Waals surface area contributed by atoms with Crippen molar-refractivity contribution in [2.24, 2.45) is 0 Å². The van der Waals surface area contributed by atoms with Crippen LogP contribution in [-0.4, -0.2) is 39.0 Å². The summed E-state index contributed by atoms with van der Waals surface area (Å²) in [7, 11) is -3.44. The molecule has 1 saturated heterocycles. The van der Waals surface area contributed by atoms with E-state index in [0.717, 1.165) is 38.8 Å². The first-order chi connectivity index (χ1) is 11.0. The van der Waals surface area contributed by atoms with Crippen molar-refractivity contribution in [3.63, 3.8) is 0 Å². The second-order valence-electron chi connectivity index (χ2n) is 6.28. The molecule has 0 spiro atoms. The van der Waals surface area contributed by atoms with Gasteiger partial charge in [0.15, 0.2) is 0 Å². The molecule has 1 heterocycles. The van der Waals surface area contributed by atoms with E-state index in [1.807, 2.05) is 0 Å². The van der Waals surface area contributed by atoms with E-state index in [1.54, 1.807) is 6.07 Å². The number of piperidine rings is 1. The predicted octanol–water partition coefficient (Wildman–Crippen LogP) is 2.90. The summed E-state index contributed by atoms with van der Waals surface area (Å²) in [5.41, 5.74) is 0.476. The van der Waals surface area contributed by atoms with E-state index < -0.39 is 15.8 Å². The van der Waals surface area contributed by atoms with Crippen molar-refractivity contribution >= 4 is 10.0 Å². The Bertz CT molecular complexity index is 592. The fourth-order valence-electron chi connectivity index (χ4n) is 3.07. The van der Waals surface area contributed by atoms with Gasteiger partial charge in [-0.2, -0.15) is 0 Å². The van der Waals surface area contributed by atoms with Gasteiger partial charge in [0.1, 0.15) is 5.82 Å². The van der Waals surface area contributed by atoms with E-state index >= 15 is 0 Å². The molecule has 130 valence electrons. The van der Waals surface area contributed by atoms with Gasteiger partial charge in [-0.1, -0.05) is 31.9 Å². The van der Waals surface area contributed by atoms with Crippen LogP contribution in [0.15, 0.2) is 24.3 Å². The largest absolute Gasteiger partial charge is 0.299 e. The van der Waals surface area contributed by atoms with Crippen LogP contribution in [-0.2, 0) is 15.8 Å². The zero-order chi connectivity index (χ0) is 16.7. The molecule has 1 aliphatic rings. The van der Waals surface area contributed by atoms with Crippen LogP contribution in [0.25, 0.3) is 0 Å². The van der Waals surface area contributed by atoms with Crippen LogP contribution >= 0.6 is 0 Å². The molecule has 2 rings (SSSR count). The number of benzene rings is 1. The molecule has 1 fully saturated rings. The van der Waals surface area contributed by atoms with Crippen molar-refractivity contribution in [1.82, 2.24) is 9.62 Å². The molecular formula is C17H27FN2O2S. The van der Waals surface area contributed by atoms with Gasteiger partial charge in [-0.15, -0.1) is 0 Å². The van der Waals surface area contributed by atoms with Gasteiger partial charge in [0.05, 0.1) is 5.75 Å². The number of hydrogen-bond acceptors (Lipinski definition) is 3. The molecule has 4 nitrogen and oxygen atoms in total. The lowest BCUT2D eigenvalue weighted by Crippen LogP contribution is -2.47. The maximum Gasteiger partial charge on any atom is 0.215 e. The fourth-order valence-corrected chi connectivity index (χ4v) is 4.23. The van der Waals surface area contributed by atoms with Gasteiger partial charge in [0.2, 0.25) is 10.0 Å². The Labute approximate surface area is 139 Å². The summed E-state index contributed by atoms with van der Waals surface area (Å²) in [5, 5.41) is 0. The lowest BCUT2D eigenvalue weighted by atomic mass is 10.0. The van der Waals surface area contributed by atoms with E-state index in [-0.39, 0.29) is 11.8 Å². The molecular weight excluding hydrogens is 315 g/mol. The molecule has 1 unspecified atom stereocenters. The van der Waals surface area contributed by atoms with Gasteiger partial charge in [-0.05, 0) is 50.0 Å². The predicted molar refractivity (Wildman–Crippen MR) is 91.1 cm³/mol. The Morgan fingerprint density at radius 2 is 2.17 bits per heavy atom. The van der Waals surface area contributed by atoms with E-state index in [4.69, 9.17) is 0 Å². The Morgan fingerprint density at radius 3 is 2.91 bits per heavy atom. The average molecular weight is 342 g/mol. The van der Waals surface area contributed by atoms with Gasteiger partial charge in [0, 0.05) is 12.6 Å². The quantitative estimate of drug-likeness (QED) is 0.790. The summed E-state index contributed by atoms with van der Waals surface area (Å²) in [6.45, 7) is 4.70. The average Bonchev–Trinajstić information content (AvgIpc) is 2.51. The van der Waals surface area contributed by atoms with Crippen LogP contribution in [0.4, 0.5) is 4.39 Å². The Morgan fingerprint density at radius 1 is 1.35 bits per heavy atom. The molecule has 23 heavy (non-hydrogen) atoms. The van der Waals surface area contributed by atoms with Crippen molar-refractivity contribution in [2.75, 3.05) is 19.6 Å². The van der Waals surface area contributed by atoms with Gasteiger partial charge < -0.3 is 0 Å². The molecule has 0 saturated carbocycles. The monoisotopic (exact) mass is 342 g/mol. The van der Waals surface area contributed by atoms with E-state index in [0.29, 0.717) is 12.1 Å². The van der Waals surface area contributed by atoms with Crippen molar-refractivity contribution in [3.05, 3.63) is 35.6 Å². The first-order valence-electron chi connectivity index (χ1n) is 8.46. The zero-order valence-corrected chi connectivity index (χ0v) is 14.6. The molecule has 0 radical (unpaired) electrons. The number of hydrogen-bond donors (Lipinski definition) is 1. The Balaban J connectivity index is 1.89. The van der Waals surface area contributed by atoms with Gasteiger partial charge >= 0.3 is 0 Å². The number of halogens is 1. The van der Waals surface area contributed by atoms with Crippen molar-refractivity contribution in [1.29, 1.82) is 0 Å². The first kappa shape index (κ1) is 18.4. The first-order valence-corrected chi connectivity index (χ1v) is 10.1. The van der Waals surface area contributed by atoms with E-state index in [1.165, 1.54) is 24.6 Å². The normalized spacial score (nSPS) is 19.8. The van der Waals surface area contributed by atoms with Crippen LogP contribution in [0.5, 0.6) is 0 Å². The van der Waals surface area contributed by atoms with Crippen molar-refractivity contribution in [2.45, 2.75) is 50.8 Å². The number of rotatable bonds is 8. The van der Waals surface area contributed by atoms with Gasteiger partial charge in [0.25, 0.3) is 0 Å². The van der Waals surface area contributed by atoms with Crippen LogP contribution in [0.2, 0.25) is 0 Å². The molecule has 0 amide bonds. The molecule has 0 bridgehead atoms. The maximum atomic E-state index is 13.2. The van der Waals surface area contributed by atoms with Crippen LogP contribution in [0.3, 0.4) is 0 Å². The van der Waals surface area contributed by atoms with E-state index in [2.05, 4.69) is 16.5 Å². The maximum absolute atomic E-state index is 13.2. The highest BCUT2D eigenvalue weighted by Gasteiger charge is 2.23. The second kappa shape index (κ2) is 8.76. The van der Waals surface area contributed by atoms with Gasteiger partial charge in [-0.3, -0.25) is 4.90 Å². The molecule has 6 heteroatoms. The minimum Gasteiger partial charge on any atom is -0.299 e. The summed E-state index contributed by atoms with van der Waals surface area (Å²) in [5.74, 6) is -0.581. The minimum atomic E-state index is -3.44. The standard InChI is InChI=1S/C17H27FN2O2S/c1-2-3-10-20-11-5-4-9-17(20)13-19-23(21,22)14-15-7-6-8-16(18)12-15/h6-8,12,17,19H,2-5,9-11,13-14H2,1H3. The number of nitrogens with zero attached hydrogens (tertiary/aromatic N) is 1. The summed E-state index contributed by atoms with van der Waals surface area (Å²) in [6.07, 6.45) is 5.67. The number of unbranched alkanes of at least 4 members (excludes halogenated alkanes) is 1. The van der Waals surface area contributed by atoms with Gasteiger partial charge in [-0.25, -0.2) is 17.5 Å². The lowest BCUT2D eigenvalue weighted by molar-refractivity contribution is 0.148. The van der Waals surface area contributed by atoms with E-state index in [9.17, 15) is 12.8 Å². The third-order valence-corrected chi connectivity index (χ3v) is 5.65. The number of nitrogens with one attached hydrogen (secondary N) is 1. The Hall–Kier alpha value is -0.980. The fraction of sp³-hybridized carbons (Fsp3) is 0.647. The Kier molecular flexibility index (Phi) is 6.99. The van der Waals surface area contributed by atoms with Crippen LogP contribution in [0.1, 0.15) is 44.6 Å². The minimum absolute atomic E-state index is 0.174. The molecule has 1 aromatic rings. The van der Waals surface area contributed by atoms with Crippen molar-refractivity contribution < 1.29 is 12.8 Å². The smallest absolute Gasteiger partial charge is 0.215 e. The summed E-state index contributed by atoms with van der Waals surface area (Å²) in [4.78, 5) is 2.40. The van der Waals surface area contributed by atoms with Crippen molar-refractivity contribution in [3.8, 4) is 0 Å². The highest BCUT2D eigenvalue weighted by atomic mass is 32.2. The molecule has 1 N–H and O–H groups in total.